The van der Waals surface area contributed by atoms with Crippen LogP contribution in [0, 0.1) is 11.7 Å². The van der Waals surface area contributed by atoms with Crippen molar-refractivity contribution >= 4 is 5.91 Å². The van der Waals surface area contributed by atoms with E-state index < -0.39 is 17.1 Å². The SMILES string of the molecule is O=C1c2c(O)c(=O)cc(OCC3CCCC3)n2CCN1Cc1ccc(F)cc1. The van der Waals surface area contributed by atoms with Gasteiger partial charge in [-0.3, -0.25) is 9.59 Å². The van der Waals surface area contributed by atoms with Crippen molar-refractivity contribution in [2.45, 2.75) is 38.8 Å². The summed E-state index contributed by atoms with van der Waals surface area (Å²) in [6.45, 7) is 1.61. The van der Waals surface area contributed by atoms with Gasteiger partial charge in [-0.1, -0.05) is 25.0 Å². The summed E-state index contributed by atoms with van der Waals surface area (Å²) < 4.78 is 20.6. The number of carbonyl (C=O) groups is 1. The van der Waals surface area contributed by atoms with E-state index in [1.165, 1.54) is 31.0 Å². The molecule has 1 aromatic heterocycles. The summed E-state index contributed by atoms with van der Waals surface area (Å²) in [6, 6.07) is 7.18. The molecule has 148 valence electrons. The van der Waals surface area contributed by atoms with E-state index in [1.807, 2.05) is 0 Å². The number of hydrogen-bond donors (Lipinski definition) is 1. The average molecular weight is 386 g/mol. The van der Waals surface area contributed by atoms with E-state index in [0.29, 0.717) is 31.5 Å². The Bertz CT molecular complexity index is 933. The highest BCUT2D eigenvalue weighted by Gasteiger charge is 2.31. The van der Waals surface area contributed by atoms with Crippen molar-refractivity contribution < 1.29 is 19.0 Å². The predicted molar refractivity (Wildman–Crippen MR) is 101 cm³/mol. The van der Waals surface area contributed by atoms with Crippen molar-refractivity contribution in [3.63, 3.8) is 0 Å². The molecular weight excluding hydrogens is 363 g/mol. The van der Waals surface area contributed by atoms with Crippen LogP contribution in [-0.2, 0) is 13.1 Å². The van der Waals surface area contributed by atoms with Crippen LogP contribution >= 0.6 is 0 Å². The van der Waals surface area contributed by atoms with Crippen LogP contribution < -0.4 is 10.2 Å². The van der Waals surface area contributed by atoms with Gasteiger partial charge >= 0.3 is 0 Å². The van der Waals surface area contributed by atoms with Crippen LogP contribution in [0.15, 0.2) is 35.1 Å². The van der Waals surface area contributed by atoms with Gasteiger partial charge < -0.3 is 19.3 Å². The number of carbonyl (C=O) groups excluding carboxylic acids is 1. The third-order valence-corrected chi connectivity index (χ3v) is 5.56. The molecule has 1 aromatic carbocycles. The lowest BCUT2D eigenvalue weighted by Crippen LogP contribution is -2.41. The van der Waals surface area contributed by atoms with Crippen LogP contribution in [0.5, 0.6) is 11.6 Å². The first-order valence-electron chi connectivity index (χ1n) is 9.66. The standard InChI is InChI=1S/C21H23FN2O4/c22-16-7-5-14(6-8-16)12-23-9-10-24-18(28-13-15-3-1-2-4-15)11-17(25)20(26)19(24)21(23)27/h5-8,11,15,26H,1-4,9-10,12-13H2. The Morgan fingerprint density at radius 2 is 1.82 bits per heavy atom. The highest BCUT2D eigenvalue weighted by molar-refractivity contribution is 5.96. The van der Waals surface area contributed by atoms with Gasteiger partial charge in [0.1, 0.15) is 5.82 Å². The number of rotatable bonds is 5. The number of aromatic nitrogens is 1. The zero-order chi connectivity index (χ0) is 19.7. The molecule has 4 rings (SSSR count). The molecule has 1 aliphatic heterocycles. The number of aromatic hydroxyl groups is 1. The molecular formula is C21H23FN2O4. The fourth-order valence-corrected chi connectivity index (χ4v) is 3.98. The van der Waals surface area contributed by atoms with Gasteiger partial charge in [0.25, 0.3) is 5.91 Å². The second-order valence-electron chi connectivity index (χ2n) is 7.51. The van der Waals surface area contributed by atoms with Gasteiger partial charge in [-0.05, 0) is 36.5 Å². The van der Waals surface area contributed by atoms with Gasteiger partial charge in [0, 0.05) is 25.7 Å². The van der Waals surface area contributed by atoms with E-state index in [2.05, 4.69) is 0 Å². The zero-order valence-electron chi connectivity index (χ0n) is 15.6. The molecule has 0 saturated heterocycles. The van der Waals surface area contributed by atoms with Crippen LogP contribution in [0.2, 0.25) is 0 Å². The fourth-order valence-electron chi connectivity index (χ4n) is 3.98. The number of hydrogen-bond acceptors (Lipinski definition) is 4. The van der Waals surface area contributed by atoms with Crippen LogP contribution in [0.25, 0.3) is 0 Å². The Morgan fingerprint density at radius 3 is 2.54 bits per heavy atom. The largest absolute Gasteiger partial charge is 0.503 e. The number of fused-ring (bicyclic) bond motifs is 1. The third kappa shape index (κ3) is 3.61. The van der Waals surface area contributed by atoms with Gasteiger partial charge in [-0.25, -0.2) is 4.39 Å². The molecule has 2 heterocycles. The van der Waals surface area contributed by atoms with E-state index in [4.69, 9.17) is 4.74 Å². The van der Waals surface area contributed by atoms with Crippen molar-refractivity contribution in [2.24, 2.45) is 5.92 Å². The quantitative estimate of drug-likeness (QED) is 0.858. The maximum Gasteiger partial charge on any atom is 0.274 e. The van der Waals surface area contributed by atoms with Crippen molar-refractivity contribution in [1.29, 1.82) is 0 Å². The number of amides is 1. The first-order chi connectivity index (χ1) is 13.5. The summed E-state index contributed by atoms with van der Waals surface area (Å²) in [4.78, 5) is 26.7. The van der Waals surface area contributed by atoms with E-state index >= 15 is 0 Å². The van der Waals surface area contributed by atoms with Crippen molar-refractivity contribution in [3.05, 3.63) is 57.6 Å². The number of benzene rings is 1. The smallest absolute Gasteiger partial charge is 0.274 e. The Hall–Kier alpha value is -2.83. The van der Waals surface area contributed by atoms with Crippen LogP contribution in [-0.4, -0.2) is 33.6 Å². The van der Waals surface area contributed by atoms with E-state index in [0.717, 1.165) is 18.4 Å². The summed E-state index contributed by atoms with van der Waals surface area (Å²) in [7, 11) is 0. The lowest BCUT2D eigenvalue weighted by molar-refractivity contribution is 0.0673. The van der Waals surface area contributed by atoms with E-state index in [1.54, 1.807) is 21.6 Å². The maximum absolute atomic E-state index is 13.1. The molecule has 2 aliphatic rings. The monoisotopic (exact) mass is 386 g/mol. The van der Waals surface area contributed by atoms with Gasteiger partial charge in [0.05, 0.1) is 6.61 Å². The second-order valence-corrected chi connectivity index (χ2v) is 7.51. The van der Waals surface area contributed by atoms with Crippen molar-refractivity contribution in [1.82, 2.24) is 9.47 Å². The fraction of sp³-hybridized carbons (Fsp3) is 0.429. The Labute approximate surface area is 162 Å². The highest BCUT2D eigenvalue weighted by atomic mass is 19.1. The number of ether oxygens (including phenoxy) is 1. The van der Waals surface area contributed by atoms with Crippen LogP contribution in [0.4, 0.5) is 4.39 Å². The molecule has 0 unspecified atom stereocenters. The molecule has 1 fully saturated rings. The second kappa shape index (κ2) is 7.66. The molecule has 1 N–H and O–H groups in total. The summed E-state index contributed by atoms with van der Waals surface area (Å²) in [5.74, 6) is -0.528. The molecule has 0 radical (unpaired) electrons. The topological polar surface area (TPSA) is 71.8 Å². The molecule has 0 spiro atoms. The van der Waals surface area contributed by atoms with E-state index in [-0.39, 0.29) is 18.1 Å². The molecule has 1 aliphatic carbocycles. The van der Waals surface area contributed by atoms with Gasteiger partial charge in [0.15, 0.2) is 17.3 Å². The van der Waals surface area contributed by atoms with Gasteiger partial charge in [0.2, 0.25) is 5.43 Å². The Kier molecular flexibility index (Phi) is 5.07. The molecule has 1 saturated carbocycles. The molecule has 0 bridgehead atoms. The molecule has 1 amide bonds. The summed E-state index contributed by atoms with van der Waals surface area (Å²) in [5, 5.41) is 10.3. The normalized spacial score (nSPS) is 17.0. The minimum Gasteiger partial charge on any atom is -0.503 e. The first-order valence-corrected chi connectivity index (χ1v) is 9.66. The molecule has 0 atom stereocenters. The number of pyridine rings is 1. The Balaban J connectivity index is 1.58. The predicted octanol–water partition coefficient (Wildman–Crippen LogP) is 2.92. The molecule has 28 heavy (non-hydrogen) atoms. The summed E-state index contributed by atoms with van der Waals surface area (Å²) in [5.41, 5.74) is 0.116. The van der Waals surface area contributed by atoms with E-state index in [9.17, 15) is 19.1 Å². The first kappa shape index (κ1) is 18.5. The number of halogens is 1. The zero-order valence-corrected chi connectivity index (χ0v) is 15.6. The molecule has 7 heteroatoms. The molecule has 6 nitrogen and oxygen atoms in total. The summed E-state index contributed by atoms with van der Waals surface area (Å²) >= 11 is 0. The highest BCUT2D eigenvalue weighted by Crippen LogP contribution is 2.28. The Morgan fingerprint density at radius 1 is 1.11 bits per heavy atom. The minimum atomic E-state index is -0.621. The van der Waals surface area contributed by atoms with Crippen LogP contribution in [0.1, 0.15) is 41.7 Å². The van der Waals surface area contributed by atoms with Crippen LogP contribution in [0.3, 0.4) is 0 Å². The van der Waals surface area contributed by atoms with Gasteiger partial charge in [-0.15, -0.1) is 0 Å². The van der Waals surface area contributed by atoms with Crippen molar-refractivity contribution in [3.8, 4) is 11.6 Å². The molecule has 2 aromatic rings. The van der Waals surface area contributed by atoms with Gasteiger partial charge in [-0.2, -0.15) is 0 Å². The number of nitrogens with zero attached hydrogens (tertiary/aromatic N) is 2. The minimum absolute atomic E-state index is 0.0396. The third-order valence-electron chi connectivity index (χ3n) is 5.56. The lowest BCUT2D eigenvalue weighted by Gasteiger charge is -2.31. The van der Waals surface area contributed by atoms with Crippen molar-refractivity contribution in [2.75, 3.05) is 13.2 Å². The maximum atomic E-state index is 13.1. The lowest BCUT2D eigenvalue weighted by atomic mass is 10.1. The summed E-state index contributed by atoms with van der Waals surface area (Å²) in [6.07, 6.45) is 4.61. The average Bonchev–Trinajstić information content (AvgIpc) is 3.20.